The average Bonchev–Trinajstić information content (AvgIpc) is 2.96. The second-order valence-corrected chi connectivity index (χ2v) is 7.06. The molecular weight excluding hydrogens is 410 g/mol. The maximum Gasteiger partial charge on any atom is 0.335 e. The molecule has 0 unspecified atom stereocenters. The molecule has 0 bridgehead atoms. The van der Waals surface area contributed by atoms with Gasteiger partial charge in [-0.3, -0.25) is 14.9 Å². The number of nitrogens with zero attached hydrogens (tertiary/aromatic N) is 2. The number of anilines is 1. The first-order chi connectivity index (χ1) is 13.0. The molecule has 2 aromatic carbocycles. The van der Waals surface area contributed by atoms with Crippen molar-refractivity contribution in [3.63, 3.8) is 0 Å². The molecule has 1 aliphatic rings. The largest absolute Gasteiger partial charge is 0.350 e. The number of aromatic nitrogens is 1. The molecule has 6 nitrogen and oxygen atoms in total. The summed E-state index contributed by atoms with van der Waals surface area (Å²) in [5.41, 5.74) is 2.01. The minimum absolute atomic E-state index is 0.0890. The molecule has 0 atom stereocenters. The summed E-state index contributed by atoms with van der Waals surface area (Å²) >= 11 is 3.32. The maximum absolute atomic E-state index is 12.9. The van der Waals surface area contributed by atoms with Gasteiger partial charge in [-0.05, 0) is 36.4 Å². The maximum atomic E-state index is 12.9. The lowest BCUT2D eigenvalue weighted by molar-refractivity contribution is -0.122. The van der Waals surface area contributed by atoms with E-state index >= 15 is 0 Å². The zero-order chi connectivity index (χ0) is 19.1. The number of urea groups is 1. The van der Waals surface area contributed by atoms with Crippen LogP contribution in [0.2, 0.25) is 0 Å². The number of imide groups is 2. The minimum atomic E-state index is -0.762. The number of barbiturate groups is 1. The highest BCUT2D eigenvalue weighted by atomic mass is 79.9. The number of carbonyl (C=O) groups is 3. The van der Waals surface area contributed by atoms with Crippen LogP contribution in [0.4, 0.5) is 10.5 Å². The van der Waals surface area contributed by atoms with Gasteiger partial charge < -0.3 is 4.57 Å². The van der Waals surface area contributed by atoms with Gasteiger partial charge in [0.2, 0.25) is 0 Å². The molecular formula is C20H14BrN3O3. The smallest absolute Gasteiger partial charge is 0.335 e. The van der Waals surface area contributed by atoms with E-state index < -0.39 is 17.8 Å². The molecule has 4 amide bonds. The third-order valence-corrected chi connectivity index (χ3v) is 4.94. The fourth-order valence-electron chi connectivity index (χ4n) is 3.13. The van der Waals surface area contributed by atoms with E-state index in [0.29, 0.717) is 5.69 Å². The number of fused-ring (bicyclic) bond motifs is 1. The SMILES string of the molecule is Cn1cc(/C=C2\C(=O)NC(=O)N(c3ccc(Br)cc3)C2=O)c2ccccc21. The number of benzene rings is 2. The van der Waals surface area contributed by atoms with E-state index in [4.69, 9.17) is 0 Å². The van der Waals surface area contributed by atoms with Crippen molar-refractivity contribution in [2.45, 2.75) is 0 Å². The van der Waals surface area contributed by atoms with Crippen molar-refractivity contribution in [1.82, 2.24) is 9.88 Å². The zero-order valence-electron chi connectivity index (χ0n) is 14.3. The van der Waals surface area contributed by atoms with E-state index in [0.717, 1.165) is 25.8 Å². The molecule has 134 valence electrons. The molecule has 0 radical (unpaired) electrons. The Morgan fingerprint density at radius 3 is 2.44 bits per heavy atom. The molecule has 3 aromatic rings. The fraction of sp³-hybridized carbons (Fsp3) is 0.0500. The number of hydrogen-bond acceptors (Lipinski definition) is 3. The van der Waals surface area contributed by atoms with Crippen molar-refractivity contribution in [2.75, 3.05) is 4.90 Å². The topological polar surface area (TPSA) is 71.4 Å². The number of aryl methyl sites for hydroxylation is 1. The number of halogens is 1. The van der Waals surface area contributed by atoms with Gasteiger partial charge in [-0.2, -0.15) is 0 Å². The molecule has 4 rings (SSSR count). The second kappa shape index (κ2) is 6.51. The van der Waals surface area contributed by atoms with Crippen LogP contribution in [-0.2, 0) is 16.6 Å². The fourth-order valence-corrected chi connectivity index (χ4v) is 3.39. The summed E-state index contributed by atoms with van der Waals surface area (Å²) in [7, 11) is 1.89. The van der Waals surface area contributed by atoms with Crippen LogP contribution in [0.25, 0.3) is 17.0 Å². The lowest BCUT2D eigenvalue weighted by Gasteiger charge is -2.26. The van der Waals surface area contributed by atoms with E-state index in [1.165, 1.54) is 6.08 Å². The monoisotopic (exact) mass is 423 g/mol. The molecule has 1 N–H and O–H groups in total. The first kappa shape index (κ1) is 17.2. The van der Waals surface area contributed by atoms with E-state index in [1.54, 1.807) is 24.3 Å². The average molecular weight is 424 g/mol. The molecule has 7 heteroatoms. The van der Waals surface area contributed by atoms with Crippen LogP contribution in [0, 0.1) is 0 Å². The van der Waals surface area contributed by atoms with Gasteiger partial charge in [0.05, 0.1) is 5.69 Å². The predicted molar refractivity (Wildman–Crippen MR) is 106 cm³/mol. The van der Waals surface area contributed by atoms with Gasteiger partial charge in [0.15, 0.2) is 0 Å². The van der Waals surface area contributed by atoms with E-state index in [2.05, 4.69) is 21.2 Å². The number of amides is 4. The van der Waals surface area contributed by atoms with Crippen LogP contribution >= 0.6 is 15.9 Å². The molecule has 1 fully saturated rings. The van der Waals surface area contributed by atoms with Crippen LogP contribution in [0.1, 0.15) is 5.56 Å². The third-order valence-electron chi connectivity index (χ3n) is 4.41. The summed E-state index contributed by atoms with van der Waals surface area (Å²) < 4.78 is 2.74. The van der Waals surface area contributed by atoms with Crippen molar-refractivity contribution in [3.8, 4) is 0 Å². The highest BCUT2D eigenvalue weighted by Gasteiger charge is 2.36. The van der Waals surface area contributed by atoms with Crippen molar-refractivity contribution in [2.24, 2.45) is 7.05 Å². The van der Waals surface area contributed by atoms with Gasteiger partial charge in [0.1, 0.15) is 5.57 Å². The quantitative estimate of drug-likeness (QED) is 0.505. The summed E-state index contributed by atoms with van der Waals surface area (Å²) in [4.78, 5) is 38.5. The van der Waals surface area contributed by atoms with Gasteiger partial charge in [-0.15, -0.1) is 0 Å². The Labute approximate surface area is 163 Å². The molecule has 0 spiro atoms. The number of carbonyl (C=O) groups excluding carboxylic acids is 3. The van der Waals surface area contributed by atoms with Gasteiger partial charge in [-0.1, -0.05) is 34.1 Å². The van der Waals surface area contributed by atoms with Crippen molar-refractivity contribution < 1.29 is 14.4 Å². The van der Waals surface area contributed by atoms with Gasteiger partial charge in [0.25, 0.3) is 11.8 Å². The van der Waals surface area contributed by atoms with Crippen LogP contribution in [0.15, 0.2) is 64.8 Å². The van der Waals surface area contributed by atoms with Gasteiger partial charge in [0, 0.05) is 34.2 Å². The standard InChI is InChI=1S/C20H14BrN3O3/c1-23-11-12(15-4-2-3-5-17(15)23)10-16-18(25)22-20(27)24(19(16)26)14-8-6-13(21)7-9-14/h2-11H,1H3,(H,22,25,27)/b16-10+. The lowest BCUT2D eigenvalue weighted by Crippen LogP contribution is -2.54. The Morgan fingerprint density at radius 1 is 1.00 bits per heavy atom. The first-order valence-electron chi connectivity index (χ1n) is 8.17. The highest BCUT2D eigenvalue weighted by Crippen LogP contribution is 2.26. The van der Waals surface area contributed by atoms with Gasteiger partial charge in [-0.25, -0.2) is 9.69 Å². The van der Waals surface area contributed by atoms with Crippen LogP contribution < -0.4 is 10.2 Å². The molecule has 1 aromatic heterocycles. The predicted octanol–water partition coefficient (Wildman–Crippen LogP) is 3.61. The summed E-state index contributed by atoms with van der Waals surface area (Å²) in [6.07, 6.45) is 3.37. The molecule has 0 aliphatic carbocycles. The van der Waals surface area contributed by atoms with E-state index in [-0.39, 0.29) is 5.57 Å². The number of para-hydroxylation sites is 1. The van der Waals surface area contributed by atoms with E-state index in [1.807, 2.05) is 42.1 Å². The Morgan fingerprint density at radius 2 is 1.70 bits per heavy atom. The first-order valence-corrected chi connectivity index (χ1v) is 8.96. The normalized spacial score (nSPS) is 16.3. The Hall–Kier alpha value is -3.19. The molecule has 1 aliphatic heterocycles. The van der Waals surface area contributed by atoms with E-state index in [9.17, 15) is 14.4 Å². The Kier molecular flexibility index (Phi) is 4.16. The second-order valence-electron chi connectivity index (χ2n) is 6.15. The molecule has 2 heterocycles. The lowest BCUT2D eigenvalue weighted by atomic mass is 10.1. The minimum Gasteiger partial charge on any atom is -0.350 e. The summed E-state index contributed by atoms with van der Waals surface area (Å²) in [6, 6.07) is 13.6. The summed E-state index contributed by atoms with van der Waals surface area (Å²) in [6.45, 7) is 0. The molecule has 27 heavy (non-hydrogen) atoms. The van der Waals surface area contributed by atoms with Crippen molar-refractivity contribution in [1.29, 1.82) is 0 Å². The van der Waals surface area contributed by atoms with Crippen molar-refractivity contribution in [3.05, 3.63) is 70.3 Å². The number of hydrogen-bond donors (Lipinski definition) is 1. The Balaban J connectivity index is 1.80. The Bertz CT molecular complexity index is 1130. The highest BCUT2D eigenvalue weighted by molar-refractivity contribution is 9.10. The zero-order valence-corrected chi connectivity index (χ0v) is 15.9. The van der Waals surface area contributed by atoms with Crippen LogP contribution in [0.3, 0.4) is 0 Å². The van der Waals surface area contributed by atoms with Crippen LogP contribution in [0.5, 0.6) is 0 Å². The number of nitrogens with one attached hydrogen (secondary N) is 1. The van der Waals surface area contributed by atoms with Crippen LogP contribution in [-0.4, -0.2) is 22.4 Å². The number of rotatable bonds is 2. The third kappa shape index (κ3) is 2.96. The summed E-state index contributed by atoms with van der Waals surface area (Å²) in [5.74, 6) is -1.36. The summed E-state index contributed by atoms with van der Waals surface area (Å²) in [5, 5.41) is 3.16. The van der Waals surface area contributed by atoms with Gasteiger partial charge >= 0.3 is 6.03 Å². The molecule has 0 saturated carbocycles. The molecule has 1 saturated heterocycles. The van der Waals surface area contributed by atoms with Crippen molar-refractivity contribution >= 4 is 56.4 Å².